The van der Waals surface area contributed by atoms with Crippen LogP contribution in [-0.4, -0.2) is 20.2 Å². The molecule has 0 unspecified atom stereocenters. The zero-order valence-corrected chi connectivity index (χ0v) is 7.93. The van der Waals surface area contributed by atoms with E-state index >= 15 is 0 Å². The van der Waals surface area contributed by atoms with Gasteiger partial charge in [-0.3, -0.25) is 0 Å². The van der Waals surface area contributed by atoms with E-state index in [1.54, 1.807) is 0 Å². The molecule has 0 heterocycles. The minimum atomic E-state index is -0.433. The quantitative estimate of drug-likeness (QED) is 0.758. The summed E-state index contributed by atoms with van der Waals surface area (Å²) in [6.45, 7) is 0. The summed E-state index contributed by atoms with van der Waals surface area (Å²) in [5, 5.41) is 4.79. The Labute approximate surface area is 81.1 Å². The van der Waals surface area contributed by atoms with Crippen LogP contribution in [-0.2, 0) is 0 Å². The fraction of sp³-hybridized carbons (Fsp3) is 0.222. The molecular weight excluding hydrogens is 187 g/mol. The molecule has 1 aromatic carbocycles. The third-order valence-corrected chi connectivity index (χ3v) is 1.64. The van der Waals surface area contributed by atoms with Crippen LogP contribution in [0.1, 0.15) is 0 Å². The lowest BCUT2D eigenvalue weighted by molar-refractivity contribution is 0.254. The maximum atomic E-state index is 12.8. The van der Waals surface area contributed by atoms with Crippen molar-refractivity contribution < 1.29 is 13.9 Å². The van der Waals surface area contributed by atoms with E-state index in [0.29, 0.717) is 11.4 Å². The maximum absolute atomic E-state index is 12.8. The smallest absolute Gasteiger partial charge is 0.319 e. The molecule has 5 heteroatoms. The topological polar surface area (TPSA) is 50.4 Å². The second-order valence-electron chi connectivity index (χ2n) is 2.55. The number of amides is 2. The Morgan fingerprint density at radius 2 is 2.21 bits per heavy atom. The molecule has 4 nitrogen and oxygen atoms in total. The van der Waals surface area contributed by atoms with E-state index in [1.165, 1.54) is 32.4 Å². The van der Waals surface area contributed by atoms with Crippen LogP contribution < -0.4 is 15.4 Å². The van der Waals surface area contributed by atoms with Crippen molar-refractivity contribution in [3.05, 3.63) is 24.0 Å². The molecule has 0 bridgehead atoms. The summed E-state index contributed by atoms with van der Waals surface area (Å²) >= 11 is 0. The second-order valence-corrected chi connectivity index (χ2v) is 2.55. The number of rotatable bonds is 2. The van der Waals surface area contributed by atoms with Gasteiger partial charge < -0.3 is 15.4 Å². The van der Waals surface area contributed by atoms with E-state index in [-0.39, 0.29) is 0 Å². The van der Waals surface area contributed by atoms with Crippen molar-refractivity contribution >= 4 is 11.7 Å². The average molecular weight is 198 g/mol. The number of anilines is 1. The van der Waals surface area contributed by atoms with Gasteiger partial charge in [0.05, 0.1) is 12.8 Å². The Hall–Kier alpha value is -1.78. The molecule has 0 radical (unpaired) electrons. The van der Waals surface area contributed by atoms with Crippen molar-refractivity contribution in [2.75, 3.05) is 19.5 Å². The zero-order chi connectivity index (χ0) is 10.6. The Bertz CT molecular complexity index is 342. The average Bonchev–Trinajstić information content (AvgIpc) is 2.18. The van der Waals surface area contributed by atoms with Crippen LogP contribution in [0.5, 0.6) is 5.75 Å². The number of hydrogen-bond acceptors (Lipinski definition) is 2. The monoisotopic (exact) mass is 198 g/mol. The van der Waals surface area contributed by atoms with Gasteiger partial charge in [-0.2, -0.15) is 0 Å². The van der Waals surface area contributed by atoms with E-state index in [0.717, 1.165) is 0 Å². The minimum Gasteiger partial charge on any atom is -0.495 e. The first-order valence-corrected chi connectivity index (χ1v) is 3.99. The molecule has 0 aliphatic rings. The van der Waals surface area contributed by atoms with Crippen LogP contribution in [0.2, 0.25) is 0 Å². The zero-order valence-electron chi connectivity index (χ0n) is 7.93. The predicted octanol–water partition coefficient (Wildman–Crippen LogP) is 1.59. The molecule has 1 aromatic rings. The summed E-state index contributed by atoms with van der Waals surface area (Å²) in [7, 11) is 2.92. The number of benzene rings is 1. The summed E-state index contributed by atoms with van der Waals surface area (Å²) in [4.78, 5) is 11.0. The third-order valence-electron chi connectivity index (χ3n) is 1.64. The summed E-state index contributed by atoms with van der Waals surface area (Å²) in [5.74, 6) is -0.0211. The fourth-order valence-electron chi connectivity index (χ4n) is 0.963. The van der Waals surface area contributed by atoms with Crippen LogP contribution in [0.4, 0.5) is 14.9 Å². The highest BCUT2D eigenvalue weighted by atomic mass is 19.1. The van der Waals surface area contributed by atoms with E-state index in [9.17, 15) is 9.18 Å². The first-order valence-electron chi connectivity index (χ1n) is 3.99. The van der Waals surface area contributed by atoms with Gasteiger partial charge in [0.1, 0.15) is 11.6 Å². The lowest BCUT2D eigenvalue weighted by atomic mass is 10.3. The Kier molecular flexibility index (Phi) is 3.28. The fourth-order valence-corrected chi connectivity index (χ4v) is 0.963. The summed E-state index contributed by atoms with van der Waals surface area (Å²) < 4.78 is 17.7. The predicted molar refractivity (Wildman–Crippen MR) is 51.0 cm³/mol. The molecule has 0 atom stereocenters. The number of methoxy groups -OCH3 is 1. The van der Waals surface area contributed by atoms with Crippen LogP contribution in [0.25, 0.3) is 0 Å². The standard InChI is InChI=1S/C9H11FN2O2/c1-11-9(13)12-7-5-6(10)3-4-8(7)14-2/h3-5H,1-2H3,(H2,11,12,13). The van der Waals surface area contributed by atoms with E-state index in [2.05, 4.69) is 10.6 Å². The molecule has 0 aliphatic heterocycles. The van der Waals surface area contributed by atoms with Gasteiger partial charge in [-0.25, -0.2) is 9.18 Å². The summed E-state index contributed by atoms with van der Waals surface area (Å²) in [6, 6.07) is 3.47. The SMILES string of the molecule is CNC(=O)Nc1cc(F)ccc1OC. The van der Waals surface area contributed by atoms with Crippen LogP contribution >= 0.6 is 0 Å². The molecular formula is C9H11FN2O2. The normalized spacial score (nSPS) is 9.36. The van der Waals surface area contributed by atoms with Crippen molar-refractivity contribution in [3.8, 4) is 5.75 Å². The van der Waals surface area contributed by atoms with Gasteiger partial charge in [-0.05, 0) is 12.1 Å². The van der Waals surface area contributed by atoms with Gasteiger partial charge in [0.15, 0.2) is 0 Å². The Morgan fingerprint density at radius 1 is 1.50 bits per heavy atom. The number of nitrogens with one attached hydrogen (secondary N) is 2. The largest absolute Gasteiger partial charge is 0.495 e. The molecule has 76 valence electrons. The van der Waals surface area contributed by atoms with E-state index < -0.39 is 11.8 Å². The number of hydrogen-bond donors (Lipinski definition) is 2. The third kappa shape index (κ3) is 2.35. The van der Waals surface area contributed by atoms with Crippen molar-refractivity contribution in [2.45, 2.75) is 0 Å². The number of carbonyl (C=O) groups is 1. The number of halogens is 1. The first kappa shape index (κ1) is 10.3. The lowest BCUT2D eigenvalue weighted by Crippen LogP contribution is -2.24. The number of ether oxygens (including phenoxy) is 1. The molecule has 2 N–H and O–H groups in total. The van der Waals surface area contributed by atoms with Gasteiger partial charge in [0.2, 0.25) is 0 Å². The van der Waals surface area contributed by atoms with Crippen molar-refractivity contribution in [3.63, 3.8) is 0 Å². The summed E-state index contributed by atoms with van der Waals surface area (Å²) in [6.07, 6.45) is 0. The molecule has 0 saturated carbocycles. The second kappa shape index (κ2) is 4.45. The molecule has 1 rings (SSSR count). The van der Waals surface area contributed by atoms with Gasteiger partial charge in [-0.1, -0.05) is 0 Å². The van der Waals surface area contributed by atoms with Crippen LogP contribution in [0.15, 0.2) is 18.2 Å². The maximum Gasteiger partial charge on any atom is 0.319 e. The molecule has 0 saturated heterocycles. The molecule has 0 aliphatic carbocycles. The first-order chi connectivity index (χ1) is 6.67. The van der Waals surface area contributed by atoms with Gasteiger partial charge in [0.25, 0.3) is 0 Å². The van der Waals surface area contributed by atoms with E-state index in [4.69, 9.17) is 4.74 Å². The van der Waals surface area contributed by atoms with Crippen molar-refractivity contribution in [1.82, 2.24) is 5.32 Å². The number of carbonyl (C=O) groups excluding carboxylic acids is 1. The molecule has 14 heavy (non-hydrogen) atoms. The summed E-state index contributed by atoms with van der Waals surface area (Å²) in [5.41, 5.74) is 0.298. The minimum absolute atomic E-state index is 0.298. The molecule has 0 aromatic heterocycles. The van der Waals surface area contributed by atoms with Gasteiger partial charge >= 0.3 is 6.03 Å². The Balaban J connectivity index is 2.93. The highest BCUT2D eigenvalue weighted by Gasteiger charge is 2.06. The number of urea groups is 1. The molecule has 2 amide bonds. The van der Waals surface area contributed by atoms with Crippen molar-refractivity contribution in [2.24, 2.45) is 0 Å². The highest BCUT2D eigenvalue weighted by Crippen LogP contribution is 2.24. The Morgan fingerprint density at radius 3 is 2.79 bits per heavy atom. The van der Waals surface area contributed by atoms with Gasteiger partial charge in [0, 0.05) is 13.1 Å². The van der Waals surface area contributed by atoms with Gasteiger partial charge in [-0.15, -0.1) is 0 Å². The van der Waals surface area contributed by atoms with Crippen molar-refractivity contribution in [1.29, 1.82) is 0 Å². The van der Waals surface area contributed by atoms with Crippen LogP contribution in [0, 0.1) is 5.82 Å². The van der Waals surface area contributed by atoms with E-state index in [1.807, 2.05) is 0 Å². The molecule has 0 spiro atoms. The highest BCUT2D eigenvalue weighted by molar-refractivity contribution is 5.90. The van der Waals surface area contributed by atoms with Crippen LogP contribution in [0.3, 0.4) is 0 Å². The lowest BCUT2D eigenvalue weighted by Gasteiger charge is -2.09. The molecule has 0 fully saturated rings.